The fraction of sp³-hybridized carbons (Fsp3) is 0.667. The summed E-state index contributed by atoms with van der Waals surface area (Å²) in [6.45, 7) is 8.73. The minimum Gasteiger partial charge on any atom is -0.484 e. The first-order valence-electron chi connectivity index (χ1n) is 9.46. The van der Waals surface area contributed by atoms with Crippen molar-refractivity contribution in [2.45, 2.75) is 65.3 Å². The third-order valence-electron chi connectivity index (χ3n) is 6.06. The van der Waals surface area contributed by atoms with Crippen molar-refractivity contribution in [2.75, 3.05) is 6.61 Å². The van der Waals surface area contributed by atoms with E-state index in [2.05, 4.69) is 39.1 Å². The van der Waals surface area contributed by atoms with Crippen LogP contribution < -0.4 is 10.1 Å². The zero-order chi connectivity index (χ0) is 17.3. The van der Waals surface area contributed by atoms with E-state index in [1.54, 1.807) is 0 Å². The molecule has 1 N–H and O–H groups in total. The molecule has 3 nitrogen and oxygen atoms in total. The Morgan fingerprint density at radius 1 is 1.25 bits per heavy atom. The molecule has 132 valence electrons. The first-order chi connectivity index (χ1) is 11.4. The molecule has 1 aromatic rings. The molecule has 2 aliphatic carbocycles. The quantitative estimate of drug-likeness (QED) is 0.838. The largest absolute Gasteiger partial charge is 0.484 e. The van der Waals surface area contributed by atoms with Gasteiger partial charge in [0.2, 0.25) is 0 Å². The van der Waals surface area contributed by atoms with Gasteiger partial charge in [-0.3, -0.25) is 4.79 Å². The zero-order valence-electron chi connectivity index (χ0n) is 15.5. The lowest BCUT2D eigenvalue weighted by Crippen LogP contribution is -2.42. The Balaban J connectivity index is 1.48. The van der Waals surface area contributed by atoms with Gasteiger partial charge in [-0.25, -0.2) is 0 Å². The minimum absolute atomic E-state index is 0.00383. The molecule has 24 heavy (non-hydrogen) atoms. The van der Waals surface area contributed by atoms with Crippen LogP contribution in [0.4, 0.5) is 0 Å². The van der Waals surface area contributed by atoms with Gasteiger partial charge in [0.05, 0.1) is 0 Å². The van der Waals surface area contributed by atoms with Crippen LogP contribution in [0.25, 0.3) is 0 Å². The van der Waals surface area contributed by atoms with Crippen molar-refractivity contribution in [1.29, 1.82) is 0 Å². The molecule has 0 radical (unpaired) electrons. The highest BCUT2D eigenvalue weighted by Gasteiger charge is 2.42. The predicted molar refractivity (Wildman–Crippen MR) is 97.3 cm³/mol. The third kappa shape index (κ3) is 3.76. The van der Waals surface area contributed by atoms with Crippen molar-refractivity contribution in [2.24, 2.45) is 17.8 Å². The maximum atomic E-state index is 12.2. The van der Waals surface area contributed by atoms with Crippen LogP contribution >= 0.6 is 0 Å². The van der Waals surface area contributed by atoms with E-state index in [1.165, 1.54) is 36.8 Å². The molecule has 4 atom stereocenters. The van der Waals surface area contributed by atoms with Gasteiger partial charge in [0.15, 0.2) is 6.61 Å². The van der Waals surface area contributed by atoms with Crippen molar-refractivity contribution < 1.29 is 9.53 Å². The summed E-state index contributed by atoms with van der Waals surface area (Å²) in [5.41, 5.74) is 2.55. The van der Waals surface area contributed by atoms with Crippen molar-refractivity contribution in [3.8, 4) is 5.75 Å². The molecular formula is C21H31NO2. The van der Waals surface area contributed by atoms with E-state index in [1.807, 2.05) is 12.1 Å². The Kier molecular flexibility index (Phi) is 5.17. The Morgan fingerprint density at radius 3 is 2.62 bits per heavy atom. The molecule has 2 fully saturated rings. The monoisotopic (exact) mass is 329 g/mol. The number of nitrogens with one attached hydrogen (secondary N) is 1. The van der Waals surface area contributed by atoms with Gasteiger partial charge in [-0.15, -0.1) is 0 Å². The van der Waals surface area contributed by atoms with Crippen LogP contribution in [0, 0.1) is 24.7 Å². The smallest absolute Gasteiger partial charge is 0.258 e. The lowest BCUT2D eigenvalue weighted by atomic mass is 9.84. The molecular weight excluding hydrogens is 298 g/mol. The predicted octanol–water partition coefficient (Wildman–Crippen LogP) is 4.44. The summed E-state index contributed by atoms with van der Waals surface area (Å²) in [6.07, 6.45) is 5.43. The summed E-state index contributed by atoms with van der Waals surface area (Å²) in [4.78, 5) is 12.2. The number of rotatable bonds is 6. The maximum absolute atomic E-state index is 12.2. The molecule has 3 rings (SSSR count). The second kappa shape index (κ2) is 7.16. The lowest BCUT2D eigenvalue weighted by Gasteiger charge is -2.28. The van der Waals surface area contributed by atoms with E-state index in [-0.39, 0.29) is 18.6 Å². The van der Waals surface area contributed by atoms with Crippen LogP contribution in [0.1, 0.15) is 63.5 Å². The van der Waals surface area contributed by atoms with Gasteiger partial charge >= 0.3 is 0 Å². The van der Waals surface area contributed by atoms with E-state index < -0.39 is 0 Å². The molecule has 2 saturated carbocycles. The van der Waals surface area contributed by atoms with Crippen molar-refractivity contribution >= 4 is 5.91 Å². The van der Waals surface area contributed by atoms with E-state index in [0.717, 1.165) is 17.6 Å². The first kappa shape index (κ1) is 17.3. The second-order valence-corrected chi connectivity index (χ2v) is 8.16. The highest BCUT2D eigenvalue weighted by Crippen LogP contribution is 2.49. The van der Waals surface area contributed by atoms with Crippen LogP contribution in [0.3, 0.4) is 0 Å². The van der Waals surface area contributed by atoms with Gasteiger partial charge in [0, 0.05) is 6.04 Å². The molecule has 2 aliphatic rings. The molecule has 0 aliphatic heterocycles. The van der Waals surface area contributed by atoms with Crippen LogP contribution in [0.2, 0.25) is 0 Å². The number of aryl methyl sites for hydroxylation is 1. The number of hydrogen-bond donors (Lipinski definition) is 1. The average Bonchev–Trinajstić information content (AvgIpc) is 3.15. The van der Waals surface area contributed by atoms with Gasteiger partial charge in [-0.2, -0.15) is 0 Å². The Bertz CT molecular complexity index is 596. The summed E-state index contributed by atoms with van der Waals surface area (Å²) in [7, 11) is 0. The number of ether oxygens (including phenoxy) is 1. The fourth-order valence-corrected chi connectivity index (χ4v) is 4.84. The molecule has 0 saturated heterocycles. The molecule has 0 heterocycles. The number of benzene rings is 1. The van der Waals surface area contributed by atoms with Gasteiger partial charge in [-0.1, -0.05) is 26.3 Å². The van der Waals surface area contributed by atoms with E-state index in [0.29, 0.717) is 11.8 Å². The van der Waals surface area contributed by atoms with E-state index in [9.17, 15) is 4.79 Å². The summed E-state index contributed by atoms with van der Waals surface area (Å²) in [5.74, 6) is 3.69. The highest BCUT2D eigenvalue weighted by atomic mass is 16.5. The van der Waals surface area contributed by atoms with E-state index in [4.69, 9.17) is 4.74 Å². The zero-order valence-corrected chi connectivity index (χ0v) is 15.5. The summed E-state index contributed by atoms with van der Waals surface area (Å²) in [5, 5.41) is 3.16. The van der Waals surface area contributed by atoms with Crippen molar-refractivity contribution in [3.63, 3.8) is 0 Å². The third-order valence-corrected chi connectivity index (χ3v) is 6.06. The van der Waals surface area contributed by atoms with Crippen molar-refractivity contribution in [1.82, 2.24) is 5.32 Å². The molecule has 3 heteroatoms. The topological polar surface area (TPSA) is 38.3 Å². The second-order valence-electron chi connectivity index (χ2n) is 8.16. The van der Waals surface area contributed by atoms with Gasteiger partial charge in [-0.05, 0) is 80.0 Å². The van der Waals surface area contributed by atoms with Crippen molar-refractivity contribution in [3.05, 3.63) is 29.3 Å². The van der Waals surface area contributed by atoms with Crippen LogP contribution in [-0.4, -0.2) is 18.6 Å². The van der Waals surface area contributed by atoms with Gasteiger partial charge in [0.1, 0.15) is 5.75 Å². The number of fused-ring (bicyclic) bond motifs is 2. The molecule has 2 bridgehead atoms. The SMILES string of the molecule is Cc1cc(OCC(=O)N[C@@H](C)[C@@H]2C[C@@H]3CC[C@@H]2C3)ccc1C(C)C. The van der Waals surface area contributed by atoms with Gasteiger partial charge in [0.25, 0.3) is 5.91 Å². The number of amides is 1. The maximum Gasteiger partial charge on any atom is 0.258 e. The number of carbonyl (C=O) groups is 1. The summed E-state index contributed by atoms with van der Waals surface area (Å²) >= 11 is 0. The first-order valence-corrected chi connectivity index (χ1v) is 9.46. The Morgan fingerprint density at radius 2 is 2.04 bits per heavy atom. The molecule has 1 aromatic carbocycles. The molecule has 0 spiro atoms. The van der Waals surface area contributed by atoms with Crippen LogP contribution in [-0.2, 0) is 4.79 Å². The highest BCUT2D eigenvalue weighted by molar-refractivity contribution is 5.77. The number of carbonyl (C=O) groups excluding carboxylic acids is 1. The van der Waals surface area contributed by atoms with Crippen LogP contribution in [0.15, 0.2) is 18.2 Å². The van der Waals surface area contributed by atoms with Gasteiger partial charge < -0.3 is 10.1 Å². The molecule has 0 unspecified atom stereocenters. The van der Waals surface area contributed by atoms with Crippen LogP contribution in [0.5, 0.6) is 5.75 Å². The fourth-order valence-electron chi connectivity index (χ4n) is 4.84. The summed E-state index contributed by atoms with van der Waals surface area (Å²) < 4.78 is 5.70. The lowest BCUT2D eigenvalue weighted by molar-refractivity contribution is -0.124. The normalized spacial score (nSPS) is 26.6. The summed E-state index contributed by atoms with van der Waals surface area (Å²) in [6, 6.07) is 6.36. The number of hydrogen-bond acceptors (Lipinski definition) is 2. The standard InChI is InChI=1S/C21H31NO2/c1-13(2)19-8-7-18(9-14(19)3)24-12-21(23)22-15(4)20-11-16-5-6-17(20)10-16/h7-9,13,15-17,20H,5-6,10-12H2,1-4H3,(H,22,23)/t15-,16+,17+,20-/m0/s1. The molecule has 1 amide bonds. The Labute approximate surface area is 146 Å². The molecule has 0 aromatic heterocycles. The van der Waals surface area contributed by atoms with E-state index >= 15 is 0 Å². The average molecular weight is 329 g/mol. The Hall–Kier alpha value is -1.51. The minimum atomic E-state index is -0.00383.